The Bertz CT molecular complexity index is 1200. The van der Waals surface area contributed by atoms with E-state index in [0.29, 0.717) is 21.4 Å². The lowest BCUT2D eigenvalue weighted by Gasteiger charge is -2.32. The number of aryl methyl sites for hydroxylation is 1. The fraction of sp³-hybridized carbons (Fsp3) is 0.350. The molecular formula is C20H22BClN2O4S. The molecule has 0 saturated carbocycles. The number of aromatic nitrogens is 2. The van der Waals surface area contributed by atoms with Crippen molar-refractivity contribution in [1.82, 2.24) is 8.96 Å². The summed E-state index contributed by atoms with van der Waals surface area (Å²) >= 11 is 6.17. The lowest BCUT2D eigenvalue weighted by atomic mass is 9.79. The minimum atomic E-state index is -3.88. The summed E-state index contributed by atoms with van der Waals surface area (Å²) in [6.07, 6.45) is 2.96. The van der Waals surface area contributed by atoms with E-state index in [9.17, 15) is 8.42 Å². The van der Waals surface area contributed by atoms with Crippen LogP contribution in [0, 0.1) is 6.92 Å². The topological polar surface area (TPSA) is 70.4 Å². The molecule has 4 rings (SSSR count). The van der Waals surface area contributed by atoms with Crippen LogP contribution >= 0.6 is 11.6 Å². The molecule has 1 aromatic carbocycles. The minimum absolute atomic E-state index is 0.217. The van der Waals surface area contributed by atoms with Crippen molar-refractivity contribution >= 4 is 45.2 Å². The zero-order valence-corrected chi connectivity index (χ0v) is 18.5. The van der Waals surface area contributed by atoms with E-state index in [2.05, 4.69) is 4.98 Å². The molecular weight excluding hydrogens is 411 g/mol. The summed E-state index contributed by atoms with van der Waals surface area (Å²) in [4.78, 5) is 4.52. The van der Waals surface area contributed by atoms with E-state index in [1.807, 2.05) is 27.7 Å². The van der Waals surface area contributed by atoms with Crippen molar-refractivity contribution in [2.24, 2.45) is 0 Å². The normalized spacial score (nSPS) is 18.5. The van der Waals surface area contributed by atoms with Gasteiger partial charge in [0.15, 0.2) is 5.65 Å². The van der Waals surface area contributed by atoms with E-state index in [0.717, 1.165) is 0 Å². The maximum atomic E-state index is 13.4. The molecule has 29 heavy (non-hydrogen) atoms. The summed E-state index contributed by atoms with van der Waals surface area (Å²) in [7, 11) is -4.62. The number of halogens is 1. The van der Waals surface area contributed by atoms with Crippen molar-refractivity contribution in [1.29, 1.82) is 0 Å². The quantitative estimate of drug-likeness (QED) is 0.592. The summed E-state index contributed by atoms with van der Waals surface area (Å²) in [5.41, 5.74) is 0.383. The molecule has 3 heterocycles. The average Bonchev–Trinajstić information content (AvgIpc) is 3.09. The molecule has 6 nitrogen and oxygen atoms in total. The van der Waals surface area contributed by atoms with Gasteiger partial charge in [0.25, 0.3) is 10.0 Å². The number of nitrogens with zero attached hydrogens (tertiary/aromatic N) is 2. The fourth-order valence-electron chi connectivity index (χ4n) is 3.37. The highest BCUT2D eigenvalue weighted by Gasteiger charge is 2.52. The second-order valence-electron chi connectivity index (χ2n) is 8.26. The van der Waals surface area contributed by atoms with E-state index < -0.39 is 28.3 Å². The summed E-state index contributed by atoms with van der Waals surface area (Å²) in [6, 6.07) is 8.54. The Labute approximate surface area is 176 Å². The summed E-state index contributed by atoms with van der Waals surface area (Å²) in [5.74, 6) is 0. The van der Waals surface area contributed by atoms with Gasteiger partial charge in [-0.3, -0.25) is 0 Å². The van der Waals surface area contributed by atoms with Crippen LogP contribution in [0.5, 0.6) is 0 Å². The highest BCUT2D eigenvalue weighted by atomic mass is 35.5. The molecule has 1 fully saturated rings. The third-order valence-electron chi connectivity index (χ3n) is 5.75. The second-order valence-corrected chi connectivity index (χ2v) is 10.5. The SMILES string of the molecule is Cc1ccccc1S(=O)(=O)n1cc(B2OC(C)(C)C(C)(C)O2)c2cc(Cl)cnc21. The van der Waals surface area contributed by atoms with Crippen molar-refractivity contribution in [2.75, 3.05) is 0 Å². The number of fused-ring (bicyclic) bond motifs is 1. The van der Waals surface area contributed by atoms with Crippen molar-refractivity contribution < 1.29 is 17.7 Å². The Hall–Kier alpha value is -1.87. The number of hydrogen-bond acceptors (Lipinski definition) is 5. The predicted molar refractivity (Wildman–Crippen MR) is 114 cm³/mol. The second kappa shape index (κ2) is 6.57. The number of rotatable bonds is 3. The van der Waals surface area contributed by atoms with Gasteiger partial charge in [0, 0.05) is 23.2 Å². The highest BCUT2D eigenvalue weighted by Crippen LogP contribution is 2.37. The first-order valence-electron chi connectivity index (χ1n) is 9.27. The molecule has 0 spiro atoms. The average molecular weight is 433 g/mol. The number of benzene rings is 1. The Morgan fingerprint density at radius 2 is 1.72 bits per heavy atom. The Balaban J connectivity index is 1.94. The number of pyridine rings is 1. The molecule has 1 aliphatic heterocycles. The van der Waals surface area contributed by atoms with Gasteiger partial charge in [0.1, 0.15) is 0 Å². The van der Waals surface area contributed by atoms with Gasteiger partial charge in [0.05, 0.1) is 21.1 Å². The molecule has 2 aromatic heterocycles. The van der Waals surface area contributed by atoms with Gasteiger partial charge in [-0.25, -0.2) is 17.4 Å². The lowest BCUT2D eigenvalue weighted by molar-refractivity contribution is 0.00578. The molecule has 0 atom stereocenters. The van der Waals surface area contributed by atoms with E-state index in [4.69, 9.17) is 20.9 Å². The van der Waals surface area contributed by atoms with Gasteiger partial charge in [0.2, 0.25) is 0 Å². The maximum absolute atomic E-state index is 13.4. The first-order chi connectivity index (χ1) is 13.4. The van der Waals surface area contributed by atoms with Crippen LogP contribution in [0.1, 0.15) is 33.3 Å². The van der Waals surface area contributed by atoms with Gasteiger partial charge in [-0.05, 0) is 52.3 Å². The van der Waals surface area contributed by atoms with Crippen LogP contribution in [0.3, 0.4) is 0 Å². The molecule has 0 amide bonds. The van der Waals surface area contributed by atoms with Crippen LogP contribution in [0.15, 0.2) is 47.6 Å². The van der Waals surface area contributed by atoms with E-state index in [1.165, 1.54) is 16.4 Å². The number of hydrogen-bond donors (Lipinski definition) is 0. The molecule has 9 heteroatoms. The molecule has 0 bridgehead atoms. The Morgan fingerprint density at radius 3 is 2.34 bits per heavy atom. The maximum Gasteiger partial charge on any atom is 0.497 e. The zero-order chi connectivity index (χ0) is 21.2. The largest absolute Gasteiger partial charge is 0.497 e. The van der Waals surface area contributed by atoms with Crippen molar-refractivity contribution in [3.63, 3.8) is 0 Å². The van der Waals surface area contributed by atoms with Gasteiger partial charge in [-0.15, -0.1) is 0 Å². The first-order valence-corrected chi connectivity index (χ1v) is 11.1. The molecule has 0 N–H and O–H groups in total. The highest BCUT2D eigenvalue weighted by molar-refractivity contribution is 7.90. The van der Waals surface area contributed by atoms with Crippen LogP contribution in [0.4, 0.5) is 0 Å². The van der Waals surface area contributed by atoms with Crippen LogP contribution in [0.2, 0.25) is 5.02 Å². The first kappa shape index (κ1) is 20.4. The molecule has 0 aliphatic carbocycles. The van der Waals surface area contributed by atoms with Crippen LogP contribution < -0.4 is 5.46 Å². The fourth-order valence-corrected chi connectivity index (χ4v) is 5.09. The van der Waals surface area contributed by atoms with E-state index in [-0.39, 0.29) is 10.5 Å². The zero-order valence-electron chi connectivity index (χ0n) is 16.9. The molecule has 0 radical (unpaired) electrons. The standard InChI is InChI=1S/C20H22BClN2O4S/c1-13-8-6-7-9-17(13)29(25,26)24-12-16(15-10-14(22)11-23-18(15)24)21-27-19(2,3)20(4,5)28-21/h6-12H,1-5H3. The lowest BCUT2D eigenvalue weighted by Crippen LogP contribution is -2.41. The summed E-state index contributed by atoms with van der Waals surface area (Å²) in [5, 5.41) is 0.981. The minimum Gasteiger partial charge on any atom is -0.399 e. The van der Waals surface area contributed by atoms with E-state index >= 15 is 0 Å². The summed E-state index contributed by atoms with van der Waals surface area (Å²) < 4.78 is 40.4. The van der Waals surface area contributed by atoms with Crippen molar-refractivity contribution in [2.45, 2.75) is 50.7 Å². The van der Waals surface area contributed by atoms with Gasteiger partial charge < -0.3 is 9.31 Å². The van der Waals surface area contributed by atoms with Gasteiger partial charge in [-0.2, -0.15) is 0 Å². The van der Waals surface area contributed by atoms with Crippen LogP contribution in [-0.4, -0.2) is 35.7 Å². The third kappa shape index (κ3) is 3.19. The smallest absolute Gasteiger partial charge is 0.399 e. The van der Waals surface area contributed by atoms with Crippen molar-refractivity contribution in [3.05, 3.63) is 53.3 Å². The van der Waals surface area contributed by atoms with Gasteiger partial charge in [-0.1, -0.05) is 29.8 Å². The monoisotopic (exact) mass is 432 g/mol. The van der Waals surface area contributed by atoms with E-state index in [1.54, 1.807) is 37.3 Å². The Morgan fingerprint density at radius 1 is 1.10 bits per heavy atom. The molecule has 3 aromatic rings. The van der Waals surface area contributed by atoms with Crippen LogP contribution in [0.25, 0.3) is 11.0 Å². The molecule has 1 saturated heterocycles. The van der Waals surface area contributed by atoms with Crippen LogP contribution in [-0.2, 0) is 19.3 Å². The summed E-state index contributed by atoms with van der Waals surface area (Å²) in [6.45, 7) is 9.55. The Kier molecular flexibility index (Phi) is 4.62. The molecule has 152 valence electrons. The third-order valence-corrected chi connectivity index (χ3v) is 7.76. The predicted octanol–water partition coefficient (Wildman–Crippen LogP) is 3.53. The van der Waals surface area contributed by atoms with Crippen molar-refractivity contribution in [3.8, 4) is 0 Å². The molecule has 0 unspecified atom stereocenters. The molecule has 1 aliphatic rings. The van der Waals surface area contributed by atoms with Gasteiger partial charge >= 0.3 is 7.12 Å².